The summed E-state index contributed by atoms with van der Waals surface area (Å²) < 4.78 is 5.35. The molecule has 2 amide bonds. The standard InChI is InChI=1S/C18H27N3O3.ClH/c1-3-21(4-2)18(23)11-14-5-7-15(8-6-14)20-17(22)12-16-13-24-10-9-19-16;/h5-8,16,19H,3-4,9-13H2,1-2H3,(H,20,22);1H. The summed E-state index contributed by atoms with van der Waals surface area (Å²) in [5, 5.41) is 6.15. The van der Waals surface area contributed by atoms with Crippen LogP contribution in [-0.4, -0.2) is 55.6 Å². The summed E-state index contributed by atoms with van der Waals surface area (Å²) in [6, 6.07) is 7.53. The number of nitrogens with one attached hydrogen (secondary N) is 2. The predicted octanol–water partition coefficient (Wildman–Crippen LogP) is 1.84. The third kappa shape index (κ3) is 7.02. The first-order chi connectivity index (χ1) is 11.6. The lowest BCUT2D eigenvalue weighted by Gasteiger charge is -2.23. The van der Waals surface area contributed by atoms with E-state index in [1.165, 1.54) is 0 Å². The number of amides is 2. The topological polar surface area (TPSA) is 70.7 Å². The number of carbonyl (C=O) groups excluding carboxylic acids is 2. The summed E-state index contributed by atoms with van der Waals surface area (Å²) in [5.41, 5.74) is 1.70. The number of benzene rings is 1. The van der Waals surface area contributed by atoms with Gasteiger partial charge in [-0.3, -0.25) is 9.59 Å². The average molecular weight is 370 g/mol. The minimum atomic E-state index is -0.0371. The molecule has 1 fully saturated rings. The van der Waals surface area contributed by atoms with E-state index in [9.17, 15) is 9.59 Å². The lowest BCUT2D eigenvalue weighted by Crippen LogP contribution is -2.43. The van der Waals surface area contributed by atoms with Gasteiger partial charge in [0, 0.05) is 37.8 Å². The smallest absolute Gasteiger partial charge is 0.226 e. The highest BCUT2D eigenvalue weighted by molar-refractivity contribution is 5.91. The zero-order valence-electron chi connectivity index (χ0n) is 14.9. The van der Waals surface area contributed by atoms with Crippen molar-refractivity contribution in [3.63, 3.8) is 0 Å². The maximum Gasteiger partial charge on any atom is 0.226 e. The van der Waals surface area contributed by atoms with Crippen molar-refractivity contribution in [1.82, 2.24) is 10.2 Å². The molecule has 7 heteroatoms. The summed E-state index contributed by atoms with van der Waals surface area (Å²) in [7, 11) is 0. The molecule has 0 radical (unpaired) electrons. The van der Waals surface area contributed by atoms with Crippen molar-refractivity contribution >= 4 is 29.9 Å². The molecule has 2 N–H and O–H groups in total. The van der Waals surface area contributed by atoms with Gasteiger partial charge in [0.05, 0.1) is 19.6 Å². The minimum Gasteiger partial charge on any atom is -0.378 e. The fourth-order valence-electron chi connectivity index (χ4n) is 2.76. The van der Waals surface area contributed by atoms with Gasteiger partial charge in [0.25, 0.3) is 0 Å². The molecule has 2 rings (SSSR count). The maximum absolute atomic E-state index is 12.1. The lowest BCUT2D eigenvalue weighted by atomic mass is 10.1. The summed E-state index contributed by atoms with van der Waals surface area (Å²) >= 11 is 0. The van der Waals surface area contributed by atoms with Crippen molar-refractivity contribution in [3.8, 4) is 0 Å². The second-order valence-corrected chi connectivity index (χ2v) is 5.92. The molecule has 0 bridgehead atoms. The minimum absolute atomic E-state index is 0. The monoisotopic (exact) mass is 369 g/mol. The quantitative estimate of drug-likeness (QED) is 0.769. The molecule has 0 aromatic heterocycles. The van der Waals surface area contributed by atoms with Crippen LogP contribution in [0.5, 0.6) is 0 Å². The Kier molecular flexibility index (Phi) is 9.49. The number of hydrogen-bond donors (Lipinski definition) is 2. The van der Waals surface area contributed by atoms with E-state index in [0.29, 0.717) is 26.1 Å². The van der Waals surface area contributed by atoms with Crippen molar-refractivity contribution in [2.24, 2.45) is 0 Å². The van der Waals surface area contributed by atoms with Gasteiger partial charge in [-0.15, -0.1) is 12.4 Å². The van der Waals surface area contributed by atoms with E-state index in [1.807, 2.05) is 43.0 Å². The first kappa shape index (κ1) is 21.4. The Labute approximate surface area is 155 Å². The second kappa shape index (κ2) is 11.1. The number of hydrogen-bond acceptors (Lipinski definition) is 4. The molecule has 1 aliphatic rings. The van der Waals surface area contributed by atoms with Gasteiger partial charge in [-0.25, -0.2) is 0 Å². The van der Waals surface area contributed by atoms with Crippen LogP contribution in [0.4, 0.5) is 5.69 Å². The van der Waals surface area contributed by atoms with Crippen LogP contribution in [0.15, 0.2) is 24.3 Å². The number of halogens is 1. The number of likely N-dealkylation sites (N-methyl/N-ethyl adjacent to an activating group) is 1. The molecule has 1 aromatic rings. The summed E-state index contributed by atoms with van der Waals surface area (Å²) in [6.07, 6.45) is 0.779. The van der Waals surface area contributed by atoms with Crippen molar-refractivity contribution in [2.75, 3.05) is 38.2 Å². The van der Waals surface area contributed by atoms with Gasteiger partial charge in [0.1, 0.15) is 0 Å². The number of carbonyl (C=O) groups is 2. The molecule has 6 nitrogen and oxygen atoms in total. The van der Waals surface area contributed by atoms with Crippen LogP contribution in [0.2, 0.25) is 0 Å². The van der Waals surface area contributed by atoms with Gasteiger partial charge in [-0.05, 0) is 31.5 Å². The van der Waals surface area contributed by atoms with Crippen LogP contribution >= 0.6 is 12.4 Å². The molecule has 25 heavy (non-hydrogen) atoms. The Bertz CT molecular complexity index is 541. The van der Waals surface area contributed by atoms with E-state index in [-0.39, 0.29) is 30.3 Å². The zero-order chi connectivity index (χ0) is 17.4. The van der Waals surface area contributed by atoms with E-state index in [2.05, 4.69) is 10.6 Å². The third-order valence-corrected chi connectivity index (χ3v) is 4.14. The molecule has 0 aliphatic carbocycles. The van der Waals surface area contributed by atoms with Crippen molar-refractivity contribution in [3.05, 3.63) is 29.8 Å². The fraction of sp³-hybridized carbons (Fsp3) is 0.556. The predicted molar refractivity (Wildman–Crippen MR) is 101 cm³/mol. The number of morpholine rings is 1. The molecule has 1 atom stereocenters. The number of nitrogens with zero attached hydrogens (tertiary/aromatic N) is 1. The summed E-state index contributed by atoms with van der Waals surface area (Å²) in [4.78, 5) is 26.0. The van der Waals surface area contributed by atoms with Gasteiger partial charge < -0.3 is 20.3 Å². The highest BCUT2D eigenvalue weighted by Gasteiger charge is 2.17. The average Bonchev–Trinajstić information content (AvgIpc) is 2.58. The van der Waals surface area contributed by atoms with Gasteiger partial charge in [-0.1, -0.05) is 12.1 Å². The molecule has 0 saturated carbocycles. The van der Waals surface area contributed by atoms with Gasteiger partial charge >= 0.3 is 0 Å². The molecular weight excluding hydrogens is 342 g/mol. The van der Waals surface area contributed by atoms with Gasteiger partial charge in [0.15, 0.2) is 0 Å². The van der Waals surface area contributed by atoms with Crippen LogP contribution < -0.4 is 10.6 Å². The van der Waals surface area contributed by atoms with Crippen LogP contribution in [0.25, 0.3) is 0 Å². The highest BCUT2D eigenvalue weighted by Crippen LogP contribution is 2.12. The van der Waals surface area contributed by atoms with E-state index in [0.717, 1.165) is 30.9 Å². The molecule has 0 spiro atoms. The number of ether oxygens (including phenoxy) is 1. The lowest BCUT2D eigenvalue weighted by molar-refractivity contribution is -0.130. The molecule has 1 aromatic carbocycles. The third-order valence-electron chi connectivity index (χ3n) is 4.14. The Morgan fingerprint density at radius 3 is 2.48 bits per heavy atom. The second-order valence-electron chi connectivity index (χ2n) is 5.92. The molecule has 1 heterocycles. The Morgan fingerprint density at radius 1 is 1.24 bits per heavy atom. The van der Waals surface area contributed by atoms with Gasteiger partial charge in [-0.2, -0.15) is 0 Å². The number of rotatable bonds is 7. The molecule has 140 valence electrons. The van der Waals surface area contributed by atoms with Crippen LogP contribution in [0, 0.1) is 0 Å². The maximum atomic E-state index is 12.1. The summed E-state index contributed by atoms with van der Waals surface area (Å²) in [5.74, 6) is 0.0881. The van der Waals surface area contributed by atoms with Gasteiger partial charge in [0.2, 0.25) is 11.8 Å². The SMILES string of the molecule is CCN(CC)C(=O)Cc1ccc(NC(=O)CC2COCCN2)cc1.Cl. The summed E-state index contributed by atoms with van der Waals surface area (Å²) in [6.45, 7) is 7.46. The van der Waals surface area contributed by atoms with E-state index >= 15 is 0 Å². The number of anilines is 1. The largest absolute Gasteiger partial charge is 0.378 e. The fourth-order valence-corrected chi connectivity index (χ4v) is 2.76. The highest BCUT2D eigenvalue weighted by atomic mass is 35.5. The zero-order valence-corrected chi connectivity index (χ0v) is 15.7. The molecule has 1 saturated heterocycles. The molecule has 1 aliphatic heterocycles. The van der Waals surface area contributed by atoms with Crippen molar-refractivity contribution in [1.29, 1.82) is 0 Å². The Hall–Kier alpha value is -1.63. The molecular formula is C18H28ClN3O3. The van der Waals surface area contributed by atoms with Crippen LogP contribution in [-0.2, 0) is 20.7 Å². The Morgan fingerprint density at radius 2 is 1.92 bits per heavy atom. The van der Waals surface area contributed by atoms with E-state index in [1.54, 1.807) is 0 Å². The van der Waals surface area contributed by atoms with E-state index in [4.69, 9.17) is 4.74 Å². The van der Waals surface area contributed by atoms with Crippen LogP contribution in [0.1, 0.15) is 25.8 Å². The molecule has 1 unspecified atom stereocenters. The normalized spacial score (nSPS) is 16.6. The van der Waals surface area contributed by atoms with E-state index < -0.39 is 0 Å². The first-order valence-electron chi connectivity index (χ1n) is 8.60. The van der Waals surface area contributed by atoms with Crippen molar-refractivity contribution in [2.45, 2.75) is 32.7 Å². The Balaban J connectivity index is 0.00000312. The van der Waals surface area contributed by atoms with Crippen molar-refractivity contribution < 1.29 is 14.3 Å². The first-order valence-corrected chi connectivity index (χ1v) is 8.60. The van der Waals surface area contributed by atoms with Crippen LogP contribution in [0.3, 0.4) is 0 Å².